The average Bonchev–Trinajstić information content (AvgIpc) is 2.63. The minimum Gasteiger partial charge on any atom is -0.271 e. The molecule has 0 saturated carbocycles. The summed E-state index contributed by atoms with van der Waals surface area (Å²) in [7, 11) is 0. The summed E-state index contributed by atoms with van der Waals surface area (Å²) in [6.45, 7) is 2.20. The Morgan fingerprint density at radius 2 is 2.40 bits per heavy atom. The van der Waals surface area contributed by atoms with Crippen molar-refractivity contribution in [2.24, 2.45) is 5.84 Å². The molecule has 0 bridgehead atoms. The fourth-order valence-corrected chi connectivity index (χ4v) is 3.76. The van der Waals surface area contributed by atoms with E-state index >= 15 is 0 Å². The first-order valence-electron chi connectivity index (χ1n) is 5.04. The van der Waals surface area contributed by atoms with Crippen LogP contribution in [0.25, 0.3) is 0 Å². The van der Waals surface area contributed by atoms with E-state index in [2.05, 4.69) is 40.4 Å². The molecule has 1 rings (SSSR count). The van der Waals surface area contributed by atoms with Gasteiger partial charge in [0.2, 0.25) is 0 Å². The third-order valence-electron chi connectivity index (χ3n) is 1.98. The summed E-state index contributed by atoms with van der Waals surface area (Å²) in [6, 6.07) is 4.63. The molecule has 3 N–H and O–H groups in total. The number of halogens is 1. The third kappa shape index (κ3) is 5.36. The minimum atomic E-state index is 0.382. The van der Waals surface area contributed by atoms with Crippen LogP contribution in [0.15, 0.2) is 15.9 Å². The van der Waals surface area contributed by atoms with Crippen LogP contribution in [0.1, 0.15) is 18.2 Å². The first-order chi connectivity index (χ1) is 7.26. The molecule has 1 aromatic rings. The number of thioether (sulfide) groups is 1. The van der Waals surface area contributed by atoms with Gasteiger partial charge in [-0.05, 0) is 46.7 Å². The first kappa shape index (κ1) is 13.5. The molecule has 5 heteroatoms. The van der Waals surface area contributed by atoms with Crippen LogP contribution in [0.3, 0.4) is 0 Å². The van der Waals surface area contributed by atoms with Crippen molar-refractivity contribution in [2.75, 3.05) is 11.5 Å². The molecule has 1 heterocycles. The monoisotopic (exact) mass is 308 g/mol. The van der Waals surface area contributed by atoms with Gasteiger partial charge in [0.15, 0.2) is 0 Å². The van der Waals surface area contributed by atoms with Crippen molar-refractivity contribution in [2.45, 2.75) is 25.8 Å². The zero-order valence-electron chi connectivity index (χ0n) is 8.83. The summed E-state index contributed by atoms with van der Waals surface area (Å²) in [5, 5.41) is 0. The standard InChI is InChI=1S/C10H17BrN2S2/c1-2-5-14-7-8(13-12)6-9-3-4-10(11)15-9/h3-4,8,13H,2,5-7,12H2,1H3. The molecule has 0 spiro atoms. The molecule has 0 aromatic carbocycles. The second-order valence-electron chi connectivity index (χ2n) is 3.35. The third-order valence-corrected chi connectivity index (χ3v) is 4.96. The predicted molar refractivity (Wildman–Crippen MR) is 74.5 cm³/mol. The molecule has 0 aliphatic rings. The fourth-order valence-electron chi connectivity index (χ4n) is 1.24. The predicted octanol–water partition coefficient (Wildman–Crippen LogP) is 3.03. The Balaban J connectivity index is 2.33. The van der Waals surface area contributed by atoms with E-state index in [4.69, 9.17) is 5.84 Å². The molecule has 0 aliphatic heterocycles. The van der Waals surface area contributed by atoms with Crippen molar-refractivity contribution in [1.29, 1.82) is 0 Å². The molecule has 0 amide bonds. The van der Waals surface area contributed by atoms with E-state index < -0.39 is 0 Å². The van der Waals surface area contributed by atoms with Gasteiger partial charge in [0.05, 0.1) is 3.79 Å². The Morgan fingerprint density at radius 1 is 1.60 bits per heavy atom. The van der Waals surface area contributed by atoms with Crippen molar-refractivity contribution < 1.29 is 0 Å². The quantitative estimate of drug-likeness (QED) is 0.462. The zero-order valence-corrected chi connectivity index (χ0v) is 12.1. The van der Waals surface area contributed by atoms with Gasteiger partial charge in [-0.15, -0.1) is 11.3 Å². The van der Waals surface area contributed by atoms with Gasteiger partial charge in [-0.2, -0.15) is 11.8 Å². The van der Waals surface area contributed by atoms with E-state index in [0.29, 0.717) is 6.04 Å². The highest BCUT2D eigenvalue weighted by Gasteiger charge is 2.09. The minimum absolute atomic E-state index is 0.382. The van der Waals surface area contributed by atoms with Gasteiger partial charge in [-0.3, -0.25) is 11.3 Å². The summed E-state index contributed by atoms with van der Waals surface area (Å²) in [5.74, 6) is 7.84. The lowest BCUT2D eigenvalue weighted by Gasteiger charge is -2.13. The number of hydrogen-bond donors (Lipinski definition) is 2. The number of hydrogen-bond acceptors (Lipinski definition) is 4. The van der Waals surface area contributed by atoms with Crippen molar-refractivity contribution in [3.8, 4) is 0 Å². The molecular formula is C10H17BrN2S2. The molecule has 1 atom stereocenters. The Bertz CT molecular complexity index is 278. The van der Waals surface area contributed by atoms with E-state index in [1.165, 1.54) is 20.8 Å². The fraction of sp³-hybridized carbons (Fsp3) is 0.600. The van der Waals surface area contributed by atoms with Crippen LogP contribution >= 0.6 is 39.0 Å². The highest BCUT2D eigenvalue weighted by molar-refractivity contribution is 9.11. The summed E-state index contributed by atoms with van der Waals surface area (Å²) < 4.78 is 1.19. The molecule has 2 nitrogen and oxygen atoms in total. The van der Waals surface area contributed by atoms with Gasteiger partial charge in [-0.25, -0.2) is 0 Å². The summed E-state index contributed by atoms with van der Waals surface area (Å²) in [4.78, 5) is 1.38. The second-order valence-corrected chi connectivity index (χ2v) is 7.05. The van der Waals surface area contributed by atoms with Crippen LogP contribution in [0.4, 0.5) is 0 Å². The van der Waals surface area contributed by atoms with Gasteiger partial charge in [-0.1, -0.05) is 6.92 Å². The van der Waals surface area contributed by atoms with E-state index in [1.807, 2.05) is 11.8 Å². The Morgan fingerprint density at radius 3 is 2.93 bits per heavy atom. The normalized spacial score (nSPS) is 13.0. The lowest BCUT2D eigenvalue weighted by atomic mass is 10.2. The highest BCUT2D eigenvalue weighted by atomic mass is 79.9. The lowest BCUT2D eigenvalue weighted by Crippen LogP contribution is -2.38. The maximum atomic E-state index is 5.54. The van der Waals surface area contributed by atoms with Crippen LogP contribution in [0.2, 0.25) is 0 Å². The number of nitrogens with two attached hydrogens (primary N) is 1. The Hall–Kier alpha value is 0.450. The number of rotatable bonds is 7. The van der Waals surface area contributed by atoms with Crippen LogP contribution in [-0.4, -0.2) is 17.5 Å². The summed E-state index contributed by atoms with van der Waals surface area (Å²) in [6.07, 6.45) is 2.25. The molecule has 0 fully saturated rings. The maximum Gasteiger partial charge on any atom is 0.0701 e. The first-order valence-corrected chi connectivity index (χ1v) is 7.80. The maximum absolute atomic E-state index is 5.54. The van der Waals surface area contributed by atoms with Gasteiger partial charge in [0.25, 0.3) is 0 Å². The lowest BCUT2D eigenvalue weighted by molar-refractivity contribution is 0.579. The molecule has 1 unspecified atom stereocenters. The summed E-state index contributed by atoms with van der Waals surface area (Å²) >= 11 is 7.21. The number of hydrazine groups is 1. The molecule has 15 heavy (non-hydrogen) atoms. The van der Waals surface area contributed by atoms with Gasteiger partial charge >= 0.3 is 0 Å². The van der Waals surface area contributed by atoms with Crippen LogP contribution in [0.5, 0.6) is 0 Å². The smallest absolute Gasteiger partial charge is 0.0701 e. The van der Waals surface area contributed by atoms with Gasteiger partial charge in [0, 0.05) is 16.7 Å². The van der Waals surface area contributed by atoms with Gasteiger partial charge < -0.3 is 0 Å². The van der Waals surface area contributed by atoms with Crippen molar-refractivity contribution >= 4 is 39.0 Å². The SMILES string of the molecule is CCCSCC(Cc1ccc(Br)s1)NN. The van der Waals surface area contributed by atoms with Crippen molar-refractivity contribution in [3.63, 3.8) is 0 Å². The van der Waals surface area contributed by atoms with Crippen molar-refractivity contribution in [3.05, 3.63) is 20.8 Å². The largest absolute Gasteiger partial charge is 0.271 e. The van der Waals surface area contributed by atoms with Gasteiger partial charge in [0.1, 0.15) is 0 Å². The summed E-state index contributed by atoms with van der Waals surface area (Å²) in [5.41, 5.74) is 2.89. The molecule has 0 saturated heterocycles. The molecule has 1 aromatic heterocycles. The highest BCUT2D eigenvalue weighted by Crippen LogP contribution is 2.23. The topological polar surface area (TPSA) is 38.0 Å². The van der Waals surface area contributed by atoms with Crippen molar-refractivity contribution in [1.82, 2.24) is 5.43 Å². The second kappa shape index (κ2) is 7.68. The Kier molecular flexibility index (Phi) is 6.92. The molecule has 0 aliphatic carbocycles. The van der Waals surface area contributed by atoms with Crippen LogP contribution in [-0.2, 0) is 6.42 Å². The Labute approximate surface area is 108 Å². The zero-order chi connectivity index (χ0) is 11.1. The molecule has 0 radical (unpaired) electrons. The molecular weight excluding hydrogens is 292 g/mol. The van der Waals surface area contributed by atoms with Crippen LogP contribution < -0.4 is 11.3 Å². The van der Waals surface area contributed by atoms with E-state index in [1.54, 1.807) is 11.3 Å². The van der Waals surface area contributed by atoms with E-state index in [-0.39, 0.29) is 0 Å². The molecule has 86 valence electrons. The van der Waals surface area contributed by atoms with E-state index in [0.717, 1.165) is 12.2 Å². The van der Waals surface area contributed by atoms with Crippen LogP contribution in [0, 0.1) is 0 Å². The number of thiophene rings is 1. The number of nitrogens with one attached hydrogen (secondary N) is 1. The average molecular weight is 309 g/mol. The van der Waals surface area contributed by atoms with E-state index in [9.17, 15) is 0 Å².